The highest BCUT2D eigenvalue weighted by molar-refractivity contribution is 7.99. The third-order valence-corrected chi connectivity index (χ3v) is 8.67. The van der Waals surface area contributed by atoms with E-state index in [0.717, 1.165) is 37.0 Å². The topological polar surface area (TPSA) is 38.7 Å². The van der Waals surface area contributed by atoms with E-state index < -0.39 is 0 Å². The van der Waals surface area contributed by atoms with Crippen molar-refractivity contribution in [3.8, 4) is 11.1 Å². The van der Waals surface area contributed by atoms with E-state index in [4.69, 9.17) is 9.97 Å². The average Bonchev–Trinajstić information content (AvgIpc) is 3.30. The van der Waals surface area contributed by atoms with Crippen LogP contribution in [0.15, 0.2) is 47.8 Å². The number of aryl methyl sites for hydroxylation is 4. The van der Waals surface area contributed by atoms with Gasteiger partial charge in [-0.15, -0.1) is 11.8 Å². The number of nitrogens with zero attached hydrogens (tertiary/aromatic N) is 3. The van der Waals surface area contributed by atoms with Gasteiger partial charge in [-0.2, -0.15) is 0 Å². The molecule has 0 saturated carbocycles. The van der Waals surface area contributed by atoms with E-state index in [9.17, 15) is 0 Å². The normalized spacial score (nSPS) is 17.4. The van der Waals surface area contributed by atoms with Crippen molar-refractivity contribution in [1.82, 2.24) is 15.0 Å². The molecule has 0 saturated heterocycles. The summed E-state index contributed by atoms with van der Waals surface area (Å²) in [5.41, 5.74) is 13.0. The molecule has 3 aromatic heterocycles. The molecule has 0 fully saturated rings. The van der Waals surface area contributed by atoms with Gasteiger partial charge in [0, 0.05) is 52.3 Å². The fourth-order valence-corrected chi connectivity index (χ4v) is 6.68. The molecule has 1 aliphatic carbocycles. The summed E-state index contributed by atoms with van der Waals surface area (Å²) < 4.78 is 0. The molecule has 0 amide bonds. The van der Waals surface area contributed by atoms with E-state index in [-0.39, 0.29) is 0 Å². The molecule has 32 heavy (non-hydrogen) atoms. The Morgan fingerprint density at radius 2 is 1.81 bits per heavy atom. The summed E-state index contributed by atoms with van der Waals surface area (Å²) in [6.45, 7) is 6.74. The molecule has 4 aromatic rings. The molecule has 0 bridgehead atoms. The van der Waals surface area contributed by atoms with Crippen LogP contribution < -0.4 is 0 Å². The minimum atomic E-state index is 0.505. The molecule has 1 aliphatic heterocycles. The molecule has 0 N–H and O–H groups in total. The molecule has 3 nitrogen and oxygen atoms in total. The maximum atomic E-state index is 4.88. The van der Waals surface area contributed by atoms with Crippen molar-refractivity contribution in [1.29, 1.82) is 0 Å². The first-order valence-corrected chi connectivity index (χ1v) is 12.5. The second-order valence-electron chi connectivity index (χ2n) is 9.23. The van der Waals surface area contributed by atoms with Gasteiger partial charge in [-0.3, -0.25) is 15.0 Å². The Bertz CT molecular complexity index is 1380. The third-order valence-electron chi connectivity index (χ3n) is 7.43. The SMILES string of the molecule is Cc1ccnc2c1CC(c1cnc3ccc(-c4cnc5c(c4C)SCC5)cc3c1C)CC2. The number of hydrogen-bond acceptors (Lipinski definition) is 4. The molecular formula is C28H27N3S. The smallest absolute Gasteiger partial charge is 0.0705 e. The molecular weight excluding hydrogens is 410 g/mol. The van der Waals surface area contributed by atoms with Crippen LogP contribution in [0, 0.1) is 20.8 Å². The van der Waals surface area contributed by atoms with E-state index in [2.05, 4.69) is 62.4 Å². The van der Waals surface area contributed by atoms with Crippen LogP contribution in [0.5, 0.6) is 0 Å². The van der Waals surface area contributed by atoms with Gasteiger partial charge in [0.25, 0.3) is 0 Å². The molecule has 0 radical (unpaired) electrons. The van der Waals surface area contributed by atoms with Crippen LogP contribution >= 0.6 is 11.8 Å². The Balaban J connectivity index is 1.42. The Hall–Kier alpha value is -2.72. The van der Waals surface area contributed by atoms with Crippen molar-refractivity contribution >= 4 is 22.7 Å². The summed E-state index contributed by atoms with van der Waals surface area (Å²) in [5, 5.41) is 1.27. The summed E-state index contributed by atoms with van der Waals surface area (Å²) in [7, 11) is 0. The van der Waals surface area contributed by atoms with E-state index in [1.807, 2.05) is 18.0 Å². The van der Waals surface area contributed by atoms with Crippen LogP contribution in [-0.4, -0.2) is 20.7 Å². The molecule has 4 heterocycles. The average molecular weight is 438 g/mol. The zero-order chi connectivity index (χ0) is 21.8. The largest absolute Gasteiger partial charge is 0.261 e. The van der Waals surface area contributed by atoms with Crippen LogP contribution in [0.3, 0.4) is 0 Å². The highest BCUT2D eigenvalue weighted by atomic mass is 32.2. The predicted molar refractivity (Wildman–Crippen MR) is 133 cm³/mol. The first kappa shape index (κ1) is 19.9. The van der Waals surface area contributed by atoms with Gasteiger partial charge in [0.1, 0.15) is 0 Å². The second kappa shape index (κ2) is 7.70. The molecule has 4 heteroatoms. The molecule has 160 valence electrons. The van der Waals surface area contributed by atoms with Crippen molar-refractivity contribution in [2.45, 2.75) is 57.3 Å². The fourth-order valence-electron chi connectivity index (χ4n) is 5.53. The molecule has 6 rings (SSSR count). The number of benzene rings is 1. The standard InChI is InChI=1S/C28H27N3S/c1-16-8-10-29-25-6-4-19(12-21(16)25)23-14-30-26-7-5-20(13-22(26)17(23)2)24-15-31-27-9-11-32-28(27)18(24)3/h5,7-8,10,13-15,19H,4,6,9,11-12H2,1-3H3. The molecule has 1 unspecified atom stereocenters. The van der Waals surface area contributed by atoms with E-state index in [1.54, 1.807) is 0 Å². The third kappa shape index (κ3) is 3.15. The maximum Gasteiger partial charge on any atom is 0.0705 e. The highest BCUT2D eigenvalue weighted by Gasteiger charge is 2.25. The molecule has 2 aliphatic rings. The van der Waals surface area contributed by atoms with Crippen LogP contribution in [0.25, 0.3) is 22.0 Å². The summed E-state index contributed by atoms with van der Waals surface area (Å²) in [6, 6.07) is 8.85. The lowest BCUT2D eigenvalue weighted by molar-refractivity contribution is 0.568. The number of fused-ring (bicyclic) bond motifs is 3. The number of hydrogen-bond donors (Lipinski definition) is 0. The fraction of sp³-hybridized carbons (Fsp3) is 0.321. The van der Waals surface area contributed by atoms with Crippen molar-refractivity contribution in [2.75, 3.05) is 5.75 Å². The summed E-state index contributed by atoms with van der Waals surface area (Å²) >= 11 is 1.95. The van der Waals surface area contributed by atoms with Gasteiger partial charge in [0.15, 0.2) is 0 Å². The zero-order valence-corrected chi connectivity index (χ0v) is 19.7. The lowest BCUT2D eigenvalue weighted by Crippen LogP contribution is -2.16. The van der Waals surface area contributed by atoms with E-state index >= 15 is 0 Å². The quantitative estimate of drug-likeness (QED) is 0.357. The second-order valence-corrected chi connectivity index (χ2v) is 10.3. The molecule has 1 aromatic carbocycles. The first-order chi connectivity index (χ1) is 15.6. The van der Waals surface area contributed by atoms with Crippen molar-refractivity contribution in [3.05, 3.63) is 82.1 Å². The maximum absolute atomic E-state index is 4.88. The van der Waals surface area contributed by atoms with E-state index in [1.165, 1.54) is 60.6 Å². The van der Waals surface area contributed by atoms with Crippen molar-refractivity contribution < 1.29 is 0 Å². The summed E-state index contributed by atoms with van der Waals surface area (Å²) in [4.78, 5) is 15.7. The Morgan fingerprint density at radius 1 is 0.906 bits per heavy atom. The zero-order valence-electron chi connectivity index (χ0n) is 18.9. The highest BCUT2D eigenvalue weighted by Crippen LogP contribution is 2.40. The minimum absolute atomic E-state index is 0.505. The van der Waals surface area contributed by atoms with Gasteiger partial charge in [-0.25, -0.2) is 0 Å². The predicted octanol–water partition coefficient (Wildman–Crippen LogP) is 6.54. The van der Waals surface area contributed by atoms with Crippen LogP contribution in [0.1, 0.15) is 51.5 Å². The van der Waals surface area contributed by atoms with Gasteiger partial charge in [-0.1, -0.05) is 6.07 Å². The lowest BCUT2D eigenvalue weighted by Gasteiger charge is -2.27. The number of pyridine rings is 3. The van der Waals surface area contributed by atoms with Crippen LogP contribution in [-0.2, 0) is 19.3 Å². The van der Waals surface area contributed by atoms with E-state index in [0.29, 0.717) is 5.92 Å². The Kier molecular flexibility index (Phi) is 4.80. The molecule has 1 atom stereocenters. The van der Waals surface area contributed by atoms with Crippen molar-refractivity contribution in [3.63, 3.8) is 0 Å². The first-order valence-electron chi connectivity index (χ1n) is 11.5. The summed E-state index contributed by atoms with van der Waals surface area (Å²) in [5.74, 6) is 1.65. The Morgan fingerprint density at radius 3 is 2.72 bits per heavy atom. The number of thioether (sulfide) groups is 1. The van der Waals surface area contributed by atoms with Gasteiger partial charge in [0.05, 0.1) is 11.2 Å². The lowest BCUT2D eigenvalue weighted by atomic mass is 9.79. The van der Waals surface area contributed by atoms with Gasteiger partial charge in [-0.05, 0) is 97.5 Å². The van der Waals surface area contributed by atoms with Gasteiger partial charge in [0.2, 0.25) is 0 Å². The van der Waals surface area contributed by atoms with Gasteiger partial charge < -0.3 is 0 Å². The monoisotopic (exact) mass is 437 g/mol. The Labute approximate surface area is 193 Å². The minimum Gasteiger partial charge on any atom is -0.261 e. The summed E-state index contributed by atoms with van der Waals surface area (Å²) in [6.07, 6.45) is 10.5. The van der Waals surface area contributed by atoms with Gasteiger partial charge >= 0.3 is 0 Å². The van der Waals surface area contributed by atoms with Crippen molar-refractivity contribution in [2.24, 2.45) is 0 Å². The van der Waals surface area contributed by atoms with Crippen LogP contribution in [0.4, 0.5) is 0 Å². The number of aromatic nitrogens is 3. The van der Waals surface area contributed by atoms with Crippen LogP contribution in [0.2, 0.25) is 0 Å². The molecule has 0 spiro atoms. The number of rotatable bonds is 2.